The number of carbonyl (C=O) groups excluding carboxylic acids is 2. The van der Waals surface area contributed by atoms with Gasteiger partial charge in [0.1, 0.15) is 4.60 Å². The van der Waals surface area contributed by atoms with Crippen molar-refractivity contribution in [3.63, 3.8) is 0 Å². The van der Waals surface area contributed by atoms with Gasteiger partial charge in [-0.2, -0.15) is 5.10 Å². The molecule has 0 aliphatic rings. The van der Waals surface area contributed by atoms with Crippen LogP contribution >= 0.6 is 15.9 Å². The molecule has 20 heavy (non-hydrogen) atoms. The lowest BCUT2D eigenvalue weighted by molar-refractivity contribution is -0.129. The van der Waals surface area contributed by atoms with Gasteiger partial charge in [0.05, 0.1) is 6.21 Å². The maximum absolute atomic E-state index is 11.4. The van der Waals surface area contributed by atoms with Crippen molar-refractivity contribution in [1.29, 1.82) is 0 Å². The van der Waals surface area contributed by atoms with Crippen LogP contribution in [0.15, 0.2) is 28.0 Å². The summed E-state index contributed by atoms with van der Waals surface area (Å²) in [6.07, 6.45) is 4.67. The third-order valence-corrected chi connectivity index (χ3v) is 3.03. The van der Waals surface area contributed by atoms with Gasteiger partial charge >= 0.3 is 0 Å². The van der Waals surface area contributed by atoms with E-state index in [1.54, 1.807) is 18.3 Å². The fourth-order valence-corrected chi connectivity index (χ4v) is 1.70. The van der Waals surface area contributed by atoms with E-state index >= 15 is 0 Å². The van der Waals surface area contributed by atoms with Gasteiger partial charge in [-0.05, 0) is 40.9 Å². The second kappa shape index (κ2) is 9.16. The van der Waals surface area contributed by atoms with Crippen molar-refractivity contribution in [2.75, 3.05) is 0 Å². The predicted molar refractivity (Wildman–Crippen MR) is 76.1 cm³/mol. The van der Waals surface area contributed by atoms with Crippen LogP contribution in [0.4, 0.5) is 0 Å². The van der Waals surface area contributed by atoms with Crippen LogP contribution in [-0.2, 0) is 9.59 Å². The van der Waals surface area contributed by atoms with Crippen LogP contribution in [0.1, 0.15) is 31.2 Å². The Morgan fingerprint density at radius 1 is 1.35 bits per heavy atom. The average Bonchev–Trinajstić information content (AvgIpc) is 2.45. The first-order valence-corrected chi connectivity index (χ1v) is 6.78. The second-order valence-corrected chi connectivity index (χ2v) is 4.67. The van der Waals surface area contributed by atoms with Crippen molar-refractivity contribution in [3.05, 3.63) is 28.5 Å². The Labute approximate surface area is 124 Å². The molecule has 0 aliphatic carbocycles. The Bertz CT molecular complexity index is 493. The Balaban J connectivity index is 2.23. The molecule has 7 nitrogen and oxygen atoms in total. The summed E-state index contributed by atoms with van der Waals surface area (Å²) in [6, 6.07) is 3.57. The van der Waals surface area contributed by atoms with E-state index in [1.807, 2.05) is 0 Å². The van der Waals surface area contributed by atoms with Gasteiger partial charge in [0.25, 0.3) is 0 Å². The summed E-state index contributed by atoms with van der Waals surface area (Å²) in [7, 11) is 0. The summed E-state index contributed by atoms with van der Waals surface area (Å²) >= 11 is 3.26. The molecular formula is C12H15BrN4O3. The number of nitrogens with zero attached hydrogens (tertiary/aromatic N) is 2. The minimum atomic E-state index is -0.454. The number of halogens is 1. The first-order valence-electron chi connectivity index (χ1n) is 5.99. The molecule has 1 aromatic rings. The number of unbranched alkanes of at least 4 members (excludes halogenated alkanes) is 1. The number of carbonyl (C=O) groups is 2. The van der Waals surface area contributed by atoms with E-state index in [1.165, 1.54) is 11.7 Å². The van der Waals surface area contributed by atoms with Crippen molar-refractivity contribution >= 4 is 34.0 Å². The number of amides is 2. The minimum Gasteiger partial charge on any atom is -0.289 e. The molecule has 108 valence electrons. The van der Waals surface area contributed by atoms with Crippen molar-refractivity contribution in [1.82, 2.24) is 15.9 Å². The maximum atomic E-state index is 11.4. The molecule has 1 aromatic heterocycles. The van der Waals surface area contributed by atoms with Gasteiger partial charge < -0.3 is 0 Å². The topological polar surface area (TPSA) is 104 Å². The molecular weight excluding hydrogens is 328 g/mol. The van der Waals surface area contributed by atoms with Crippen LogP contribution in [0, 0.1) is 0 Å². The number of hydrogen-bond donors (Lipinski definition) is 3. The van der Waals surface area contributed by atoms with E-state index in [0.29, 0.717) is 17.4 Å². The Morgan fingerprint density at radius 3 is 2.70 bits per heavy atom. The largest absolute Gasteiger partial charge is 0.289 e. The Kier molecular flexibility index (Phi) is 7.44. The first kappa shape index (κ1) is 16.3. The molecule has 0 saturated carbocycles. The SMILES string of the molecule is O=C(CCCCC(=O)N/N=C/c1cccnc1Br)NO. The Hall–Kier alpha value is -1.80. The van der Waals surface area contributed by atoms with Crippen molar-refractivity contribution < 1.29 is 14.8 Å². The number of hydrogen-bond acceptors (Lipinski definition) is 5. The lowest BCUT2D eigenvalue weighted by Crippen LogP contribution is -2.19. The van der Waals surface area contributed by atoms with Gasteiger partial charge in [0.2, 0.25) is 11.8 Å². The molecule has 0 aromatic carbocycles. The van der Waals surface area contributed by atoms with Gasteiger partial charge in [-0.15, -0.1) is 0 Å². The van der Waals surface area contributed by atoms with Crippen LogP contribution in [-0.4, -0.2) is 28.2 Å². The molecule has 0 aliphatic heterocycles. The first-order chi connectivity index (χ1) is 9.63. The third-order valence-electron chi connectivity index (χ3n) is 2.36. The molecule has 0 unspecified atom stereocenters. The van der Waals surface area contributed by atoms with Crippen molar-refractivity contribution in [3.8, 4) is 0 Å². The van der Waals surface area contributed by atoms with Crippen molar-refractivity contribution in [2.45, 2.75) is 25.7 Å². The minimum absolute atomic E-state index is 0.190. The highest BCUT2D eigenvalue weighted by molar-refractivity contribution is 9.10. The van der Waals surface area contributed by atoms with E-state index in [-0.39, 0.29) is 18.7 Å². The molecule has 0 bridgehead atoms. The van der Waals surface area contributed by atoms with E-state index in [9.17, 15) is 9.59 Å². The number of nitrogens with one attached hydrogen (secondary N) is 2. The van der Waals surface area contributed by atoms with Crippen LogP contribution in [0.5, 0.6) is 0 Å². The van der Waals surface area contributed by atoms with Crippen LogP contribution < -0.4 is 10.9 Å². The summed E-state index contributed by atoms with van der Waals surface area (Å²) in [4.78, 5) is 26.2. The van der Waals surface area contributed by atoms with Gasteiger partial charge in [0, 0.05) is 24.6 Å². The summed E-state index contributed by atoms with van der Waals surface area (Å²) in [5.41, 5.74) is 4.69. The molecule has 8 heteroatoms. The molecule has 0 radical (unpaired) electrons. The van der Waals surface area contributed by atoms with Gasteiger partial charge in [-0.3, -0.25) is 14.8 Å². The fraction of sp³-hybridized carbons (Fsp3) is 0.333. The van der Waals surface area contributed by atoms with Crippen LogP contribution in [0.3, 0.4) is 0 Å². The fourth-order valence-electron chi connectivity index (χ4n) is 1.35. The standard InChI is InChI=1S/C12H15BrN4O3/c13-12-9(4-3-7-14-12)8-15-16-10(18)5-1-2-6-11(19)17-20/h3-4,7-8,20H,1-2,5-6H2,(H,16,18)(H,17,19)/b15-8+. The lowest BCUT2D eigenvalue weighted by atomic mass is 10.2. The summed E-state index contributed by atoms with van der Waals surface area (Å²) < 4.78 is 0.646. The highest BCUT2D eigenvalue weighted by Crippen LogP contribution is 2.09. The van der Waals surface area contributed by atoms with E-state index in [2.05, 4.69) is 31.4 Å². The molecule has 3 N–H and O–H groups in total. The number of pyridine rings is 1. The molecule has 0 saturated heterocycles. The zero-order chi connectivity index (χ0) is 14.8. The van der Waals surface area contributed by atoms with E-state index < -0.39 is 5.91 Å². The molecule has 1 heterocycles. The molecule has 1 rings (SSSR count). The number of hydroxylamine groups is 1. The van der Waals surface area contributed by atoms with Crippen LogP contribution in [0.25, 0.3) is 0 Å². The zero-order valence-electron chi connectivity index (χ0n) is 10.7. The van der Waals surface area contributed by atoms with Gasteiger partial charge in [0.15, 0.2) is 0 Å². The summed E-state index contributed by atoms with van der Waals surface area (Å²) in [6.45, 7) is 0. The second-order valence-electron chi connectivity index (χ2n) is 3.92. The quantitative estimate of drug-likeness (QED) is 0.229. The van der Waals surface area contributed by atoms with Gasteiger partial charge in [-0.1, -0.05) is 0 Å². The van der Waals surface area contributed by atoms with Gasteiger partial charge in [-0.25, -0.2) is 15.9 Å². The number of hydrazone groups is 1. The highest BCUT2D eigenvalue weighted by atomic mass is 79.9. The normalized spacial score (nSPS) is 10.5. The predicted octanol–water partition coefficient (Wildman–Crippen LogP) is 1.36. The molecule has 0 atom stereocenters. The molecule has 0 fully saturated rings. The third kappa shape index (κ3) is 6.39. The maximum Gasteiger partial charge on any atom is 0.243 e. The van der Waals surface area contributed by atoms with E-state index in [4.69, 9.17) is 5.21 Å². The lowest BCUT2D eigenvalue weighted by Gasteiger charge is -2.00. The number of rotatable bonds is 7. The smallest absolute Gasteiger partial charge is 0.243 e. The number of aromatic nitrogens is 1. The Morgan fingerprint density at radius 2 is 2.05 bits per heavy atom. The highest BCUT2D eigenvalue weighted by Gasteiger charge is 2.02. The van der Waals surface area contributed by atoms with Crippen molar-refractivity contribution in [2.24, 2.45) is 5.10 Å². The van der Waals surface area contributed by atoms with Crippen LogP contribution in [0.2, 0.25) is 0 Å². The molecule has 2 amide bonds. The molecule has 0 spiro atoms. The zero-order valence-corrected chi connectivity index (χ0v) is 12.3. The summed E-state index contributed by atoms with van der Waals surface area (Å²) in [5, 5.41) is 12.1. The summed E-state index contributed by atoms with van der Waals surface area (Å²) in [5.74, 6) is -0.685. The average molecular weight is 343 g/mol. The van der Waals surface area contributed by atoms with E-state index in [0.717, 1.165) is 5.56 Å². The monoisotopic (exact) mass is 342 g/mol.